The van der Waals surface area contributed by atoms with Crippen molar-refractivity contribution in [2.24, 2.45) is 0 Å². The Morgan fingerprint density at radius 3 is 2.21 bits per heavy atom. The van der Waals surface area contributed by atoms with E-state index in [0.717, 1.165) is 58.2 Å². The third kappa shape index (κ3) is 6.64. The van der Waals surface area contributed by atoms with Gasteiger partial charge in [0.25, 0.3) is 0 Å². The van der Waals surface area contributed by atoms with E-state index in [-0.39, 0.29) is 51.8 Å². The summed E-state index contributed by atoms with van der Waals surface area (Å²) in [5, 5.41) is 4.45. The van der Waals surface area contributed by atoms with E-state index >= 15 is 13.2 Å². The molecular weight excluding hydrogens is 759 g/mol. The van der Waals surface area contributed by atoms with Gasteiger partial charge in [0.2, 0.25) is 0 Å². The van der Waals surface area contributed by atoms with E-state index < -0.39 is 42.8 Å². The molecule has 3 saturated heterocycles. The van der Waals surface area contributed by atoms with Crippen LogP contribution in [0, 0.1) is 28.9 Å². The number of ether oxygens (including phenoxy) is 2. The van der Waals surface area contributed by atoms with Crippen molar-refractivity contribution in [3.8, 4) is 34.4 Å². The molecule has 12 heteroatoms. The van der Waals surface area contributed by atoms with Crippen LogP contribution in [0.15, 0.2) is 30.3 Å². The van der Waals surface area contributed by atoms with E-state index in [0.29, 0.717) is 46.9 Å². The molecule has 1 saturated carbocycles. The van der Waals surface area contributed by atoms with E-state index in [9.17, 15) is 4.39 Å². The number of aromatic nitrogens is 2. The molecule has 4 fully saturated rings. The highest BCUT2D eigenvalue weighted by molar-refractivity contribution is 6.90. The van der Waals surface area contributed by atoms with E-state index in [1.807, 2.05) is 0 Å². The van der Waals surface area contributed by atoms with Gasteiger partial charge in [-0.1, -0.05) is 71.7 Å². The predicted octanol–water partition coefficient (Wildman–Crippen LogP) is 10.4. The Balaban J connectivity index is 1.31. The Morgan fingerprint density at radius 1 is 0.862 bits per heavy atom. The largest absolute Gasteiger partial charge is 0.493 e. The Hall–Kier alpha value is -3.92. The minimum Gasteiger partial charge on any atom is -0.493 e. The standard InChI is InChI=1S/C46H57F4N5O2Si/c1-28(2)58(29(3)4,30(5)6)23-16-33-35(48)15-14-31-12-8-13-34(36(31)33)37-39(49)41-38(42(56-7)40(37)50)43(51-26-45(17-9-18-45)54-21-11-22-54)53-44(52-41)57-27-46-19-10-20-55(46)25-32(47)24-46/h8,12-15,28-30,32H,9-11,17-22,24-27H2,1-7H3,(H,51,52,53)/t32-,46+/m1/s1. The molecule has 310 valence electrons. The van der Waals surface area contributed by atoms with Crippen LogP contribution in [-0.4, -0.2) is 91.5 Å². The second-order valence-electron chi connectivity index (χ2n) is 18.2. The molecule has 0 bridgehead atoms. The molecule has 4 aliphatic rings. The lowest BCUT2D eigenvalue weighted by atomic mass is 9.73. The molecule has 0 unspecified atom stereocenters. The number of benzene rings is 3. The zero-order valence-corrected chi connectivity index (χ0v) is 36.0. The van der Waals surface area contributed by atoms with Gasteiger partial charge >= 0.3 is 6.01 Å². The van der Waals surface area contributed by atoms with Gasteiger partial charge in [-0.2, -0.15) is 9.97 Å². The number of methoxy groups -OCH3 is 1. The molecule has 58 heavy (non-hydrogen) atoms. The van der Waals surface area contributed by atoms with Crippen LogP contribution in [0.25, 0.3) is 32.8 Å². The third-order valence-electron chi connectivity index (χ3n) is 14.3. The van der Waals surface area contributed by atoms with Gasteiger partial charge in [-0.25, -0.2) is 17.6 Å². The number of likely N-dealkylation sites (tertiary alicyclic amines) is 1. The van der Waals surface area contributed by atoms with Crippen molar-refractivity contribution in [3.63, 3.8) is 0 Å². The quantitative estimate of drug-likeness (QED) is 0.0868. The van der Waals surface area contributed by atoms with E-state index in [1.165, 1.54) is 13.2 Å². The lowest BCUT2D eigenvalue weighted by Gasteiger charge is -2.54. The molecule has 1 aliphatic carbocycles. The van der Waals surface area contributed by atoms with Gasteiger partial charge in [0.1, 0.15) is 38.0 Å². The lowest BCUT2D eigenvalue weighted by molar-refractivity contribution is -0.0181. The van der Waals surface area contributed by atoms with E-state index in [4.69, 9.17) is 14.5 Å². The van der Waals surface area contributed by atoms with Crippen LogP contribution in [0.5, 0.6) is 11.8 Å². The minimum atomic E-state index is -2.32. The summed E-state index contributed by atoms with van der Waals surface area (Å²) in [5.74, 6) is 0.804. The zero-order chi connectivity index (χ0) is 41.1. The maximum Gasteiger partial charge on any atom is 0.319 e. The number of rotatable bonds is 12. The number of hydrogen-bond donors (Lipinski definition) is 1. The fraction of sp³-hybridized carbons (Fsp3) is 0.565. The van der Waals surface area contributed by atoms with Crippen LogP contribution >= 0.6 is 0 Å². The smallest absolute Gasteiger partial charge is 0.319 e. The van der Waals surface area contributed by atoms with Crippen molar-refractivity contribution in [1.82, 2.24) is 19.8 Å². The molecule has 4 aromatic rings. The summed E-state index contributed by atoms with van der Waals surface area (Å²) in [5.41, 5.74) is 3.62. The summed E-state index contributed by atoms with van der Waals surface area (Å²) in [4.78, 5) is 14.0. The Bertz CT molecular complexity index is 2260. The maximum atomic E-state index is 17.6. The molecule has 0 amide bonds. The molecule has 3 aromatic carbocycles. The summed E-state index contributed by atoms with van der Waals surface area (Å²) >= 11 is 0. The molecule has 1 N–H and O–H groups in total. The second kappa shape index (κ2) is 15.6. The van der Waals surface area contributed by atoms with E-state index in [1.54, 1.807) is 24.3 Å². The van der Waals surface area contributed by atoms with Crippen LogP contribution in [0.3, 0.4) is 0 Å². The van der Waals surface area contributed by atoms with E-state index in [2.05, 4.69) is 73.1 Å². The molecule has 0 spiro atoms. The fourth-order valence-corrected chi connectivity index (χ4v) is 16.2. The highest BCUT2D eigenvalue weighted by atomic mass is 28.3. The molecular formula is C46H57F4N5O2Si. The number of halogens is 4. The number of alkyl halides is 1. The lowest BCUT2D eigenvalue weighted by Crippen LogP contribution is -2.62. The van der Waals surface area contributed by atoms with Gasteiger partial charge in [0.05, 0.1) is 29.2 Å². The van der Waals surface area contributed by atoms with Gasteiger partial charge in [0.15, 0.2) is 17.4 Å². The van der Waals surface area contributed by atoms with Crippen LogP contribution in [0.4, 0.5) is 23.4 Å². The third-order valence-corrected chi connectivity index (χ3v) is 20.6. The van der Waals surface area contributed by atoms with Crippen molar-refractivity contribution < 1.29 is 27.0 Å². The normalized spacial score (nSPS) is 22.0. The summed E-state index contributed by atoms with van der Waals surface area (Å²) in [7, 11) is -0.977. The minimum absolute atomic E-state index is 0.0602. The van der Waals surface area contributed by atoms with Gasteiger partial charge in [-0.05, 0) is 91.8 Å². The topological polar surface area (TPSA) is 62.8 Å². The molecule has 7 nitrogen and oxygen atoms in total. The SMILES string of the molecule is COc1c(F)c(-c2cccc3ccc(F)c(C#C[Si](C(C)C)(C(C)C)C(C)C)c23)c(F)c2nc(OC[C@@]34CCCN3C[C@H](F)C4)nc(NCC3(N4CCC4)CCC3)c12. The molecule has 4 heterocycles. The monoisotopic (exact) mass is 815 g/mol. The van der Waals surface area contributed by atoms with Crippen molar-refractivity contribution in [2.75, 3.05) is 51.8 Å². The number of hydrogen-bond acceptors (Lipinski definition) is 7. The van der Waals surface area contributed by atoms with Crippen molar-refractivity contribution in [1.29, 1.82) is 0 Å². The Labute approximate surface area is 341 Å². The highest BCUT2D eigenvalue weighted by Gasteiger charge is 2.50. The van der Waals surface area contributed by atoms with Crippen molar-refractivity contribution >= 4 is 35.6 Å². The maximum absolute atomic E-state index is 17.6. The van der Waals surface area contributed by atoms with Gasteiger partial charge < -0.3 is 14.8 Å². The Kier molecular flexibility index (Phi) is 11.0. The van der Waals surface area contributed by atoms with Crippen molar-refractivity contribution in [2.45, 2.75) is 120 Å². The molecule has 3 aliphatic heterocycles. The fourth-order valence-electron chi connectivity index (χ4n) is 11.0. The first-order valence-electron chi connectivity index (χ1n) is 21.3. The summed E-state index contributed by atoms with van der Waals surface area (Å²) < 4.78 is 77.9. The average molecular weight is 816 g/mol. The van der Waals surface area contributed by atoms with Gasteiger partial charge in [0, 0.05) is 30.4 Å². The van der Waals surface area contributed by atoms with Crippen LogP contribution in [-0.2, 0) is 0 Å². The number of nitrogens with one attached hydrogen (secondary N) is 1. The second-order valence-corrected chi connectivity index (χ2v) is 23.8. The summed E-state index contributed by atoms with van der Waals surface area (Å²) in [6.07, 6.45) is 5.37. The molecule has 2 atom stereocenters. The summed E-state index contributed by atoms with van der Waals surface area (Å²) in [6.45, 7) is 17.0. The van der Waals surface area contributed by atoms with Crippen LogP contribution in [0.2, 0.25) is 16.6 Å². The summed E-state index contributed by atoms with van der Waals surface area (Å²) in [6, 6.07) is 8.02. The number of anilines is 1. The average Bonchev–Trinajstić information content (AvgIpc) is 3.67. The van der Waals surface area contributed by atoms with Crippen molar-refractivity contribution in [3.05, 3.63) is 53.3 Å². The van der Waals surface area contributed by atoms with Gasteiger partial charge in [-0.15, -0.1) is 5.54 Å². The molecule has 1 aromatic heterocycles. The molecule has 0 radical (unpaired) electrons. The van der Waals surface area contributed by atoms with Crippen LogP contribution in [0.1, 0.15) is 92.1 Å². The number of nitrogens with zero attached hydrogens (tertiary/aromatic N) is 4. The predicted molar refractivity (Wildman–Crippen MR) is 227 cm³/mol. The highest BCUT2D eigenvalue weighted by Crippen LogP contribution is 2.47. The number of fused-ring (bicyclic) bond motifs is 3. The van der Waals surface area contributed by atoms with Gasteiger partial charge in [-0.3, -0.25) is 9.80 Å². The zero-order valence-electron chi connectivity index (χ0n) is 35.0. The van der Waals surface area contributed by atoms with Crippen LogP contribution < -0.4 is 14.8 Å². The first-order valence-corrected chi connectivity index (χ1v) is 23.5. The molecule has 8 rings (SSSR count). The first kappa shape index (κ1) is 40.8. The Morgan fingerprint density at radius 2 is 1.57 bits per heavy atom. The first-order chi connectivity index (χ1) is 27.7.